The highest BCUT2D eigenvalue weighted by Gasteiger charge is 2.05. The fourth-order valence-corrected chi connectivity index (χ4v) is 1.46. The van der Waals surface area contributed by atoms with Gasteiger partial charge in [0.1, 0.15) is 5.82 Å². The Hall–Kier alpha value is -2.10. The van der Waals surface area contributed by atoms with Crippen molar-refractivity contribution in [3.8, 4) is 5.75 Å². The Kier molecular flexibility index (Phi) is 3.23. The molecule has 0 radical (unpaired) electrons. The van der Waals surface area contributed by atoms with Crippen molar-refractivity contribution >= 4 is 11.4 Å². The molecule has 0 aromatic heterocycles. The van der Waals surface area contributed by atoms with Gasteiger partial charge in [-0.1, -0.05) is 12.1 Å². The molecule has 0 fully saturated rings. The van der Waals surface area contributed by atoms with Crippen LogP contribution in [0.1, 0.15) is 0 Å². The average Bonchev–Trinajstić information content (AvgIpc) is 2.32. The lowest BCUT2D eigenvalue weighted by Gasteiger charge is -2.08. The van der Waals surface area contributed by atoms with E-state index in [4.69, 9.17) is 4.74 Å². The highest BCUT2D eigenvalue weighted by atomic mass is 19.1. The number of nitrogens with one attached hydrogen (secondary N) is 1. The van der Waals surface area contributed by atoms with Gasteiger partial charge in [-0.2, -0.15) is 0 Å². The standard InChI is InChI=1S/C13H11F2NO/c1-17-13-7-6-9(8-11(13)15)16-12-5-3-2-4-10(12)14/h2-8,16H,1H3. The van der Waals surface area contributed by atoms with E-state index in [-0.39, 0.29) is 11.6 Å². The summed E-state index contributed by atoms with van der Waals surface area (Å²) in [6.07, 6.45) is 0. The molecule has 0 spiro atoms. The summed E-state index contributed by atoms with van der Waals surface area (Å²) in [7, 11) is 1.39. The molecule has 4 heteroatoms. The molecule has 88 valence electrons. The van der Waals surface area contributed by atoms with Crippen molar-refractivity contribution in [3.05, 3.63) is 54.1 Å². The average molecular weight is 235 g/mol. The van der Waals surface area contributed by atoms with Crippen molar-refractivity contribution in [3.63, 3.8) is 0 Å². The summed E-state index contributed by atoms with van der Waals surface area (Å²) in [5, 5.41) is 2.79. The number of hydrogen-bond donors (Lipinski definition) is 1. The molecule has 0 aliphatic rings. The second-order valence-electron chi connectivity index (χ2n) is 3.45. The molecule has 1 N–H and O–H groups in total. The first-order valence-electron chi connectivity index (χ1n) is 5.06. The highest BCUT2D eigenvalue weighted by Crippen LogP contribution is 2.24. The van der Waals surface area contributed by atoms with Crippen molar-refractivity contribution in [2.24, 2.45) is 0 Å². The van der Waals surface area contributed by atoms with Crippen LogP contribution in [0.25, 0.3) is 0 Å². The van der Waals surface area contributed by atoms with Gasteiger partial charge in [-0.15, -0.1) is 0 Å². The zero-order valence-electron chi connectivity index (χ0n) is 9.21. The van der Waals surface area contributed by atoms with Crippen molar-refractivity contribution in [2.75, 3.05) is 12.4 Å². The Morgan fingerprint density at radius 1 is 1.00 bits per heavy atom. The number of para-hydroxylation sites is 1. The van der Waals surface area contributed by atoms with E-state index >= 15 is 0 Å². The van der Waals surface area contributed by atoms with Gasteiger partial charge < -0.3 is 10.1 Å². The summed E-state index contributed by atoms with van der Waals surface area (Å²) in [6.45, 7) is 0. The summed E-state index contributed by atoms with van der Waals surface area (Å²) in [4.78, 5) is 0. The molecule has 0 aliphatic heterocycles. The minimum Gasteiger partial charge on any atom is -0.494 e. The van der Waals surface area contributed by atoms with Gasteiger partial charge in [0.2, 0.25) is 0 Å². The molecule has 0 aliphatic carbocycles. The Bertz CT molecular complexity index is 529. The lowest BCUT2D eigenvalue weighted by atomic mass is 10.2. The van der Waals surface area contributed by atoms with Crippen molar-refractivity contribution in [1.82, 2.24) is 0 Å². The first-order chi connectivity index (χ1) is 8.20. The number of anilines is 2. The molecule has 2 rings (SSSR count). The van der Waals surface area contributed by atoms with Crippen LogP contribution < -0.4 is 10.1 Å². The van der Waals surface area contributed by atoms with E-state index in [1.807, 2.05) is 0 Å². The van der Waals surface area contributed by atoms with E-state index in [0.717, 1.165) is 0 Å². The molecule has 2 aromatic carbocycles. The quantitative estimate of drug-likeness (QED) is 0.875. The van der Waals surface area contributed by atoms with Gasteiger partial charge in [0, 0.05) is 11.8 Å². The van der Waals surface area contributed by atoms with Crippen LogP contribution in [-0.2, 0) is 0 Å². The van der Waals surface area contributed by atoms with Crippen LogP contribution in [0.5, 0.6) is 5.75 Å². The third-order valence-electron chi connectivity index (χ3n) is 2.30. The Morgan fingerprint density at radius 3 is 2.41 bits per heavy atom. The molecule has 0 bridgehead atoms. The first-order valence-corrected chi connectivity index (χ1v) is 5.06. The van der Waals surface area contributed by atoms with Crippen LogP contribution >= 0.6 is 0 Å². The molecule has 17 heavy (non-hydrogen) atoms. The normalized spacial score (nSPS) is 10.1. The molecule has 0 saturated carbocycles. The van der Waals surface area contributed by atoms with Crippen LogP contribution in [0, 0.1) is 11.6 Å². The first kappa shape index (κ1) is 11.4. The second-order valence-corrected chi connectivity index (χ2v) is 3.45. The van der Waals surface area contributed by atoms with Gasteiger partial charge in [0.05, 0.1) is 12.8 Å². The molecular weight excluding hydrogens is 224 g/mol. The van der Waals surface area contributed by atoms with Crippen LogP contribution in [-0.4, -0.2) is 7.11 Å². The van der Waals surface area contributed by atoms with E-state index in [9.17, 15) is 8.78 Å². The van der Waals surface area contributed by atoms with Crippen LogP contribution in [0.2, 0.25) is 0 Å². The number of halogens is 2. The zero-order chi connectivity index (χ0) is 12.3. The number of hydrogen-bond acceptors (Lipinski definition) is 2. The molecule has 0 heterocycles. The van der Waals surface area contributed by atoms with Gasteiger partial charge in [-0.25, -0.2) is 8.78 Å². The predicted molar refractivity (Wildman–Crippen MR) is 62.6 cm³/mol. The van der Waals surface area contributed by atoms with Gasteiger partial charge in [-0.3, -0.25) is 0 Å². The van der Waals surface area contributed by atoms with Gasteiger partial charge in [0.15, 0.2) is 11.6 Å². The summed E-state index contributed by atoms with van der Waals surface area (Å²) in [6, 6.07) is 10.6. The van der Waals surface area contributed by atoms with Crippen LogP contribution in [0.4, 0.5) is 20.2 Å². The Morgan fingerprint density at radius 2 is 1.76 bits per heavy atom. The summed E-state index contributed by atoms with van der Waals surface area (Å²) in [5.41, 5.74) is 0.769. The smallest absolute Gasteiger partial charge is 0.167 e. The lowest BCUT2D eigenvalue weighted by molar-refractivity contribution is 0.386. The van der Waals surface area contributed by atoms with E-state index < -0.39 is 5.82 Å². The van der Waals surface area contributed by atoms with Crippen LogP contribution in [0.15, 0.2) is 42.5 Å². The number of ether oxygens (including phenoxy) is 1. The van der Waals surface area contributed by atoms with E-state index in [1.165, 1.54) is 25.3 Å². The summed E-state index contributed by atoms with van der Waals surface area (Å²) in [5.74, 6) is -0.721. The minimum atomic E-state index is -0.492. The lowest BCUT2D eigenvalue weighted by Crippen LogP contribution is -1.95. The minimum absolute atomic E-state index is 0.157. The van der Waals surface area contributed by atoms with Gasteiger partial charge in [0.25, 0.3) is 0 Å². The van der Waals surface area contributed by atoms with Crippen molar-refractivity contribution in [1.29, 1.82) is 0 Å². The highest BCUT2D eigenvalue weighted by molar-refractivity contribution is 5.60. The molecule has 2 aromatic rings. The topological polar surface area (TPSA) is 21.3 Å². The maximum Gasteiger partial charge on any atom is 0.167 e. The zero-order valence-corrected chi connectivity index (χ0v) is 9.21. The predicted octanol–water partition coefficient (Wildman–Crippen LogP) is 3.72. The molecule has 0 amide bonds. The number of rotatable bonds is 3. The summed E-state index contributed by atoms with van der Waals surface area (Å²) >= 11 is 0. The Balaban J connectivity index is 2.25. The van der Waals surface area contributed by atoms with E-state index in [1.54, 1.807) is 24.3 Å². The molecule has 2 nitrogen and oxygen atoms in total. The largest absolute Gasteiger partial charge is 0.494 e. The number of benzene rings is 2. The van der Waals surface area contributed by atoms with Crippen molar-refractivity contribution < 1.29 is 13.5 Å². The third-order valence-corrected chi connectivity index (χ3v) is 2.30. The number of methoxy groups -OCH3 is 1. The van der Waals surface area contributed by atoms with E-state index in [2.05, 4.69) is 5.32 Å². The molecular formula is C13H11F2NO. The van der Waals surface area contributed by atoms with Gasteiger partial charge >= 0.3 is 0 Å². The summed E-state index contributed by atoms with van der Waals surface area (Å²) < 4.78 is 31.5. The van der Waals surface area contributed by atoms with Gasteiger partial charge in [-0.05, 0) is 24.3 Å². The maximum absolute atomic E-state index is 13.4. The SMILES string of the molecule is COc1ccc(Nc2ccccc2F)cc1F. The second kappa shape index (κ2) is 4.82. The monoisotopic (exact) mass is 235 g/mol. The molecule has 0 saturated heterocycles. The maximum atomic E-state index is 13.4. The molecule has 0 atom stereocenters. The fraction of sp³-hybridized carbons (Fsp3) is 0.0769. The van der Waals surface area contributed by atoms with E-state index in [0.29, 0.717) is 11.4 Å². The van der Waals surface area contributed by atoms with Crippen molar-refractivity contribution in [2.45, 2.75) is 0 Å². The fourth-order valence-electron chi connectivity index (χ4n) is 1.46. The third kappa shape index (κ3) is 2.53. The van der Waals surface area contributed by atoms with Crippen LogP contribution in [0.3, 0.4) is 0 Å². The molecule has 0 unspecified atom stereocenters. The Labute approximate surface area is 97.8 Å².